The van der Waals surface area contributed by atoms with E-state index in [2.05, 4.69) is 79.5 Å². The van der Waals surface area contributed by atoms with E-state index in [1.54, 1.807) is 0 Å². The van der Waals surface area contributed by atoms with Crippen LogP contribution in [-0.4, -0.2) is 4.98 Å². The molecule has 0 amide bonds. The highest BCUT2D eigenvalue weighted by Gasteiger charge is 2.35. The first-order chi connectivity index (χ1) is 12.1. The van der Waals surface area contributed by atoms with Crippen LogP contribution >= 0.6 is 11.3 Å². The minimum Gasteiger partial charge on any atom is -0.346 e. The average Bonchev–Trinajstić information content (AvgIpc) is 3.21. The van der Waals surface area contributed by atoms with Crippen molar-refractivity contribution in [3.05, 3.63) is 71.8 Å². The zero-order valence-electron chi connectivity index (χ0n) is 14.2. The van der Waals surface area contributed by atoms with Crippen molar-refractivity contribution in [2.45, 2.75) is 19.3 Å². The summed E-state index contributed by atoms with van der Waals surface area (Å²) in [7, 11) is 0. The first-order valence-corrected chi connectivity index (χ1v) is 9.53. The van der Waals surface area contributed by atoms with Crippen LogP contribution in [0.15, 0.2) is 60.7 Å². The van der Waals surface area contributed by atoms with Crippen molar-refractivity contribution in [2.75, 3.05) is 0 Å². The quantitative estimate of drug-likeness (QED) is 0.318. The summed E-state index contributed by atoms with van der Waals surface area (Å²) in [6, 6.07) is 22.4. The Morgan fingerprint density at radius 2 is 1.60 bits per heavy atom. The molecule has 2 heteroatoms. The third kappa shape index (κ3) is 1.58. The molecule has 2 aromatic heterocycles. The van der Waals surface area contributed by atoms with Crippen LogP contribution in [0, 0.1) is 0 Å². The molecule has 0 atom stereocenters. The highest BCUT2D eigenvalue weighted by Crippen LogP contribution is 2.51. The number of H-pyrrole nitrogens is 1. The van der Waals surface area contributed by atoms with E-state index < -0.39 is 0 Å². The molecule has 120 valence electrons. The Morgan fingerprint density at radius 3 is 2.52 bits per heavy atom. The molecule has 0 radical (unpaired) electrons. The number of hydrogen-bond donors (Lipinski definition) is 1. The van der Waals surface area contributed by atoms with Crippen LogP contribution < -0.4 is 0 Å². The minimum absolute atomic E-state index is 0.0511. The van der Waals surface area contributed by atoms with Gasteiger partial charge >= 0.3 is 0 Å². The molecule has 0 bridgehead atoms. The van der Waals surface area contributed by atoms with E-state index >= 15 is 0 Å². The van der Waals surface area contributed by atoms with Crippen molar-refractivity contribution in [1.82, 2.24) is 4.98 Å². The number of aromatic nitrogens is 1. The molecule has 6 rings (SSSR count). The van der Waals surface area contributed by atoms with Crippen LogP contribution in [0.5, 0.6) is 0 Å². The van der Waals surface area contributed by atoms with Crippen molar-refractivity contribution < 1.29 is 0 Å². The van der Waals surface area contributed by atoms with Crippen molar-refractivity contribution in [2.24, 2.45) is 0 Å². The molecule has 0 saturated heterocycles. The van der Waals surface area contributed by atoms with Gasteiger partial charge in [0.2, 0.25) is 0 Å². The number of nitrogens with one attached hydrogen (secondary N) is 1. The number of hydrogen-bond acceptors (Lipinski definition) is 1. The number of aromatic amines is 1. The molecule has 0 saturated carbocycles. The van der Waals surface area contributed by atoms with Gasteiger partial charge in [-0.15, -0.1) is 11.3 Å². The molecule has 3 aromatic carbocycles. The van der Waals surface area contributed by atoms with Gasteiger partial charge in [0.05, 0.1) is 0 Å². The normalized spacial score (nSPS) is 15.1. The smallest absolute Gasteiger partial charge is 0.102 e. The molecule has 25 heavy (non-hydrogen) atoms. The van der Waals surface area contributed by atoms with Gasteiger partial charge in [-0.3, -0.25) is 0 Å². The Kier molecular flexibility index (Phi) is 2.37. The number of fused-ring (bicyclic) bond motifs is 8. The van der Waals surface area contributed by atoms with Gasteiger partial charge in [-0.2, -0.15) is 0 Å². The van der Waals surface area contributed by atoms with E-state index in [0.717, 1.165) is 0 Å². The van der Waals surface area contributed by atoms with Gasteiger partial charge in [0.25, 0.3) is 0 Å². The highest BCUT2D eigenvalue weighted by molar-refractivity contribution is 7.25. The van der Waals surface area contributed by atoms with Crippen LogP contribution in [0.3, 0.4) is 0 Å². The predicted molar refractivity (Wildman–Crippen MR) is 109 cm³/mol. The molecule has 0 fully saturated rings. The molecule has 1 nitrogen and oxygen atoms in total. The predicted octanol–water partition coefficient (Wildman–Crippen LogP) is 6.84. The number of benzene rings is 3. The third-order valence-electron chi connectivity index (χ3n) is 5.83. The van der Waals surface area contributed by atoms with Gasteiger partial charge in [-0.05, 0) is 40.5 Å². The van der Waals surface area contributed by atoms with Gasteiger partial charge in [0.15, 0.2) is 0 Å². The molecule has 2 heterocycles. The fourth-order valence-corrected chi connectivity index (χ4v) is 5.71. The second-order valence-corrected chi connectivity index (χ2v) is 8.59. The van der Waals surface area contributed by atoms with Crippen molar-refractivity contribution in [3.8, 4) is 11.1 Å². The first-order valence-electron chi connectivity index (χ1n) is 8.72. The van der Waals surface area contributed by atoms with E-state index in [1.807, 2.05) is 11.3 Å². The summed E-state index contributed by atoms with van der Waals surface area (Å²) in [4.78, 5) is 4.96. The van der Waals surface area contributed by atoms with Gasteiger partial charge < -0.3 is 4.98 Å². The maximum Gasteiger partial charge on any atom is 0.102 e. The number of thiophene rings is 1. The summed E-state index contributed by atoms with van der Waals surface area (Å²) in [5.74, 6) is 0. The van der Waals surface area contributed by atoms with Gasteiger partial charge in [0.1, 0.15) is 4.83 Å². The van der Waals surface area contributed by atoms with E-state index in [-0.39, 0.29) is 5.41 Å². The zero-order valence-corrected chi connectivity index (χ0v) is 15.0. The lowest BCUT2D eigenvalue weighted by Gasteiger charge is -2.21. The van der Waals surface area contributed by atoms with E-state index in [0.29, 0.717) is 0 Å². The molecule has 0 aliphatic heterocycles. The lowest BCUT2D eigenvalue weighted by molar-refractivity contribution is 0.661. The Balaban J connectivity index is 1.78. The van der Waals surface area contributed by atoms with Gasteiger partial charge in [0, 0.05) is 31.8 Å². The average molecular weight is 339 g/mol. The van der Waals surface area contributed by atoms with Gasteiger partial charge in [-0.1, -0.05) is 56.3 Å². The molecule has 1 aliphatic rings. The summed E-state index contributed by atoms with van der Waals surface area (Å²) < 4.78 is 1.36. The fraction of sp³-hybridized carbons (Fsp3) is 0.130. The van der Waals surface area contributed by atoms with Crippen molar-refractivity contribution >= 4 is 42.5 Å². The lowest BCUT2D eigenvalue weighted by Crippen LogP contribution is -2.14. The number of rotatable bonds is 0. The van der Waals surface area contributed by atoms with Gasteiger partial charge in [-0.25, -0.2) is 0 Å². The Labute approximate surface area is 149 Å². The lowest BCUT2D eigenvalue weighted by atomic mass is 9.82. The molecule has 5 aromatic rings. The summed E-state index contributed by atoms with van der Waals surface area (Å²) in [5.41, 5.74) is 6.94. The largest absolute Gasteiger partial charge is 0.346 e. The van der Waals surface area contributed by atoms with Crippen molar-refractivity contribution in [1.29, 1.82) is 0 Å². The molecular formula is C23H17NS. The maximum atomic E-state index is 3.67. The highest BCUT2D eigenvalue weighted by atomic mass is 32.1. The third-order valence-corrected chi connectivity index (χ3v) is 6.92. The Morgan fingerprint density at radius 1 is 0.800 bits per heavy atom. The van der Waals surface area contributed by atoms with E-state index in [4.69, 9.17) is 0 Å². The molecule has 0 unspecified atom stereocenters. The molecule has 0 spiro atoms. The van der Waals surface area contributed by atoms with Crippen LogP contribution in [0.25, 0.3) is 42.3 Å². The Hall–Kier alpha value is -2.58. The first kappa shape index (κ1) is 13.7. The second kappa shape index (κ2) is 4.33. The maximum absolute atomic E-state index is 3.67. The van der Waals surface area contributed by atoms with Crippen LogP contribution in [-0.2, 0) is 5.41 Å². The topological polar surface area (TPSA) is 15.8 Å². The van der Waals surface area contributed by atoms with Crippen LogP contribution in [0.2, 0.25) is 0 Å². The fourth-order valence-electron chi connectivity index (χ4n) is 4.58. The second-order valence-electron chi connectivity index (χ2n) is 7.54. The summed E-state index contributed by atoms with van der Waals surface area (Å²) in [6.45, 7) is 4.69. The monoisotopic (exact) mass is 339 g/mol. The summed E-state index contributed by atoms with van der Waals surface area (Å²) in [6.07, 6.45) is 0. The standard InChI is InChI=1S/C23H17NS/c1-23(2)17-9-5-3-7-13(17)15-12-19-16(11-18(15)23)21-14-8-4-6-10-20(14)25-22(21)24-19/h3-12,24H,1-2H3. The minimum atomic E-state index is 0.0511. The van der Waals surface area contributed by atoms with E-state index in [9.17, 15) is 0 Å². The zero-order chi connectivity index (χ0) is 16.8. The van der Waals surface area contributed by atoms with E-state index in [1.165, 1.54) is 53.5 Å². The Bertz CT molecular complexity index is 1320. The molecular weight excluding hydrogens is 322 g/mol. The summed E-state index contributed by atoms with van der Waals surface area (Å²) in [5, 5.41) is 4.10. The molecule has 1 aliphatic carbocycles. The molecule has 1 N–H and O–H groups in total. The SMILES string of the molecule is CC1(C)c2ccccc2-c2cc3[nH]c4sc5ccccc5c4c3cc21. The van der Waals surface area contributed by atoms with Crippen LogP contribution in [0.1, 0.15) is 25.0 Å². The van der Waals surface area contributed by atoms with Crippen LogP contribution in [0.4, 0.5) is 0 Å². The van der Waals surface area contributed by atoms with Crippen molar-refractivity contribution in [3.63, 3.8) is 0 Å². The summed E-state index contributed by atoms with van der Waals surface area (Å²) >= 11 is 1.85.